The van der Waals surface area contributed by atoms with Crippen molar-refractivity contribution < 1.29 is 9.53 Å². The summed E-state index contributed by atoms with van der Waals surface area (Å²) in [6, 6.07) is 14.3. The molecular weight excluding hydrogens is 326 g/mol. The monoisotopic (exact) mass is 353 g/mol. The number of ether oxygens (including phenoxy) is 1. The Hall–Kier alpha value is -2.53. The van der Waals surface area contributed by atoms with Gasteiger partial charge >= 0.3 is 0 Å². The van der Waals surface area contributed by atoms with Gasteiger partial charge in [-0.05, 0) is 42.3 Å². The van der Waals surface area contributed by atoms with Crippen LogP contribution in [0.5, 0.6) is 5.75 Å². The van der Waals surface area contributed by atoms with Crippen LogP contribution in [-0.2, 0) is 10.2 Å². The lowest BCUT2D eigenvalue weighted by molar-refractivity contribution is -0.121. The van der Waals surface area contributed by atoms with Crippen molar-refractivity contribution in [3.8, 4) is 5.75 Å². The number of anilines is 3. The number of carbonyl (C=O) groups excluding carboxylic acids is 1. The Morgan fingerprint density at radius 1 is 1.08 bits per heavy atom. The Balaban J connectivity index is 1.77. The number of benzene rings is 2. The first-order valence-electron chi connectivity index (χ1n) is 8.98. The molecule has 0 spiro atoms. The van der Waals surface area contributed by atoms with Gasteiger partial charge in [-0.3, -0.25) is 4.79 Å². The molecule has 3 rings (SSSR count). The van der Waals surface area contributed by atoms with E-state index in [0.29, 0.717) is 6.54 Å². The first-order valence-corrected chi connectivity index (χ1v) is 8.98. The predicted molar refractivity (Wildman–Crippen MR) is 107 cm³/mol. The summed E-state index contributed by atoms with van der Waals surface area (Å²) in [5.74, 6) is 0.725. The highest BCUT2D eigenvalue weighted by molar-refractivity contribution is 5.98. The first-order chi connectivity index (χ1) is 12.4. The molecule has 0 radical (unpaired) electrons. The molecule has 0 unspecified atom stereocenters. The fraction of sp³-hybridized carbons (Fsp3) is 0.381. The van der Waals surface area contributed by atoms with E-state index >= 15 is 0 Å². The van der Waals surface area contributed by atoms with Crippen LogP contribution in [0.3, 0.4) is 0 Å². The molecule has 2 N–H and O–H groups in total. The number of nitrogens with zero attached hydrogens (tertiary/aromatic N) is 1. The van der Waals surface area contributed by atoms with E-state index in [-0.39, 0.29) is 17.9 Å². The van der Waals surface area contributed by atoms with Crippen LogP contribution in [0.2, 0.25) is 0 Å². The van der Waals surface area contributed by atoms with Crippen molar-refractivity contribution in [2.45, 2.75) is 26.2 Å². The van der Waals surface area contributed by atoms with Crippen molar-refractivity contribution in [2.24, 2.45) is 0 Å². The number of hydrogen-bond acceptors (Lipinski definition) is 4. The molecule has 138 valence electrons. The summed E-state index contributed by atoms with van der Waals surface area (Å²) in [4.78, 5) is 13.9. The Labute approximate surface area is 155 Å². The van der Waals surface area contributed by atoms with Crippen LogP contribution in [0, 0.1) is 0 Å². The van der Waals surface area contributed by atoms with E-state index in [1.54, 1.807) is 4.90 Å². The zero-order valence-corrected chi connectivity index (χ0v) is 15.9. The van der Waals surface area contributed by atoms with Crippen molar-refractivity contribution in [3.05, 3.63) is 48.0 Å². The number of nitrogens with one attached hydrogen (secondary N) is 2. The molecular formula is C21H27N3O2. The Morgan fingerprint density at radius 3 is 2.42 bits per heavy atom. The second-order valence-corrected chi connectivity index (χ2v) is 7.57. The van der Waals surface area contributed by atoms with Crippen molar-refractivity contribution in [1.29, 1.82) is 0 Å². The maximum atomic E-state index is 12.1. The highest BCUT2D eigenvalue weighted by atomic mass is 16.5. The number of rotatable bonds is 5. The van der Waals surface area contributed by atoms with Crippen LogP contribution in [0.25, 0.3) is 0 Å². The van der Waals surface area contributed by atoms with E-state index in [4.69, 9.17) is 4.74 Å². The molecule has 0 atom stereocenters. The Morgan fingerprint density at radius 2 is 1.77 bits per heavy atom. The van der Waals surface area contributed by atoms with Gasteiger partial charge in [0.05, 0.1) is 5.69 Å². The van der Waals surface area contributed by atoms with E-state index in [1.807, 2.05) is 25.2 Å². The lowest BCUT2D eigenvalue weighted by atomic mass is 9.87. The number of hydrogen-bond donors (Lipinski definition) is 2. The van der Waals surface area contributed by atoms with E-state index < -0.39 is 0 Å². The van der Waals surface area contributed by atoms with E-state index in [0.717, 1.165) is 29.4 Å². The number of likely N-dealkylation sites (N-methyl/N-ethyl adjacent to an activating group) is 1. The summed E-state index contributed by atoms with van der Waals surface area (Å²) in [6.07, 6.45) is 0. The molecule has 0 fully saturated rings. The molecule has 0 bridgehead atoms. The number of carbonyl (C=O) groups is 1. The smallest absolute Gasteiger partial charge is 0.265 e. The molecule has 0 saturated carbocycles. The van der Waals surface area contributed by atoms with Crippen LogP contribution in [0.4, 0.5) is 17.1 Å². The van der Waals surface area contributed by atoms with E-state index in [9.17, 15) is 4.79 Å². The second-order valence-electron chi connectivity index (χ2n) is 7.57. The number of amides is 1. The topological polar surface area (TPSA) is 53.6 Å². The predicted octanol–water partition coefficient (Wildman–Crippen LogP) is 3.67. The molecule has 2 aromatic rings. The molecule has 26 heavy (non-hydrogen) atoms. The summed E-state index contributed by atoms with van der Waals surface area (Å²) in [6.45, 7) is 8.07. The molecule has 1 heterocycles. The van der Waals surface area contributed by atoms with E-state index in [1.165, 1.54) is 5.56 Å². The fourth-order valence-electron chi connectivity index (χ4n) is 2.97. The van der Waals surface area contributed by atoms with Gasteiger partial charge < -0.3 is 20.3 Å². The first kappa shape index (κ1) is 18.3. The molecule has 1 amide bonds. The van der Waals surface area contributed by atoms with E-state index in [2.05, 4.69) is 55.7 Å². The Kier molecular flexibility index (Phi) is 5.18. The summed E-state index contributed by atoms with van der Waals surface area (Å²) in [5, 5.41) is 6.48. The largest absolute Gasteiger partial charge is 0.481 e. The van der Waals surface area contributed by atoms with Gasteiger partial charge in [-0.15, -0.1) is 0 Å². The van der Waals surface area contributed by atoms with Crippen molar-refractivity contribution >= 4 is 23.0 Å². The van der Waals surface area contributed by atoms with Gasteiger partial charge in [-0.1, -0.05) is 32.9 Å². The van der Waals surface area contributed by atoms with Gasteiger partial charge in [0.1, 0.15) is 5.75 Å². The van der Waals surface area contributed by atoms with Crippen LogP contribution in [-0.4, -0.2) is 32.7 Å². The highest BCUT2D eigenvalue weighted by Gasteiger charge is 2.25. The summed E-state index contributed by atoms with van der Waals surface area (Å²) in [7, 11) is 1.88. The van der Waals surface area contributed by atoms with Crippen LogP contribution in [0.15, 0.2) is 42.5 Å². The highest BCUT2D eigenvalue weighted by Crippen LogP contribution is 2.35. The minimum atomic E-state index is -0.00812. The maximum Gasteiger partial charge on any atom is 0.265 e. The molecule has 0 aliphatic carbocycles. The van der Waals surface area contributed by atoms with Crippen LogP contribution in [0.1, 0.15) is 26.3 Å². The zero-order chi connectivity index (χ0) is 18.7. The summed E-state index contributed by atoms with van der Waals surface area (Å²) < 4.78 is 5.64. The average Bonchev–Trinajstić information content (AvgIpc) is 2.61. The second kappa shape index (κ2) is 7.38. The molecule has 1 aliphatic rings. The molecule has 1 aliphatic heterocycles. The SMILES string of the molecule is CNCCN1C(=O)COc2cc(Nc3ccc(C(C)(C)C)cc3)ccc21. The van der Waals surface area contributed by atoms with Gasteiger partial charge in [0.2, 0.25) is 0 Å². The molecule has 5 heteroatoms. The molecule has 0 aromatic heterocycles. The lowest BCUT2D eigenvalue weighted by Gasteiger charge is -2.29. The van der Waals surface area contributed by atoms with Gasteiger partial charge in [0.25, 0.3) is 5.91 Å². The summed E-state index contributed by atoms with van der Waals surface area (Å²) in [5.41, 5.74) is 4.23. The minimum absolute atomic E-state index is 0.00812. The lowest BCUT2D eigenvalue weighted by Crippen LogP contribution is -2.42. The normalized spacial score (nSPS) is 14.0. The fourth-order valence-corrected chi connectivity index (χ4v) is 2.97. The zero-order valence-electron chi connectivity index (χ0n) is 15.9. The molecule has 5 nitrogen and oxygen atoms in total. The third-order valence-corrected chi connectivity index (χ3v) is 4.53. The van der Waals surface area contributed by atoms with Crippen molar-refractivity contribution in [3.63, 3.8) is 0 Å². The van der Waals surface area contributed by atoms with Crippen molar-refractivity contribution in [1.82, 2.24) is 5.32 Å². The molecule has 2 aromatic carbocycles. The van der Waals surface area contributed by atoms with Gasteiger partial charge in [0, 0.05) is 30.5 Å². The maximum absolute atomic E-state index is 12.1. The Bertz CT molecular complexity index is 779. The quantitative estimate of drug-likeness (QED) is 0.861. The third kappa shape index (κ3) is 3.99. The standard InChI is InChI=1S/C21H27N3O2/c1-21(2,3)15-5-7-16(8-6-15)23-17-9-10-18-19(13-17)26-14-20(25)24(18)12-11-22-4/h5-10,13,22-23H,11-12,14H2,1-4H3. The summed E-state index contributed by atoms with van der Waals surface area (Å²) >= 11 is 0. The van der Waals surface area contributed by atoms with Crippen LogP contribution < -0.4 is 20.3 Å². The van der Waals surface area contributed by atoms with Crippen molar-refractivity contribution in [2.75, 3.05) is 37.0 Å². The number of fused-ring (bicyclic) bond motifs is 1. The third-order valence-electron chi connectivity index (χ3n) is 4.53. The molecule has 0 saturated heterocycles. The average molecular weight is 353 g/mol. The van der Waals surface area contributed by atoms with Gasteiger partial charge in [-0.2, -0.15) is 0 Å². The van der Waals surface area contributed by atoms with Crippen LogP contribution >= 0.6 is 0 Å². The minimum Gasteiger partial charge on any atom is -0.481 e. The van der Waals surface area contributed by atoms with Gasteiger partial charge in [-0.25, -0.2) is 0 Å². The van der Waals surface area contributed by atoms with Gasteiger partial charge in [0.15, 0.2) is 6.61 Å².